The summed E-state index contributed by atoms with van der Waals surface area (Å²) in [5, 5.41) is 6.72. The summed E-state index contributed by atoms with van der Waals surface area (Å²) in [7, 11) is 0. The Morgan fingerprint density at radius 2 is 0.855 bits per heavy atom. The second-order valence-corrected chi connectivity index (χ2v) is 14.0. The Hall–Kier alpha value is -7.36. The maximum Gasteiger partial charge on any atom is 0.159 e. The fraction of sp³-hybridized carbons (Fsp3) is 0. The quantitative estimate of drug-likeness (QED) is 0.173. The predicted molar refractivity (Wildman–Crippen MR) is 229 cm³/mol. The molecule has 0 spiro atoms. The summed E-state index contributed by atoms with van der Waals surface area (Å²) in [5.74, 6) is 0. The lowest BCUT2D eigenvalue weighted by molar-refractivity contribution is 0.668. The van der Waals surface area contributed by atoms with E-state index >= 15 is 0 Å². The van der Waals surface area contributed by atoms with Crippen LogP contribution in [0.25, 0.3) is 88.0 Å². The summed E-state index contributed by atoms with van der Waals surface area (Å²) < 4.78 is 13.5. The highest BCUT2D eigenvalue weighted by molar-refractivity contribution is 6.18. The van der Waals surface area contributed by atoms with Crippen molar-refractivity contribution in [3.63, 3.8) is 0 Å². The van der Waals surface area contributed by atoms with Gasteiger partial charge < -0.3 is 13.7 Å². The van der Waals surface area contributed by atoms with Crippen LogP contribution in [0, 0.1) is 0 Å². The van der Waals surface area contributed by atoms with Crippen molar-refractivity contribution in [2.45, 2.75) is 0 Å². The molecule has 2 aromatic heterocycles. The molecule has 258 valence electrons. The second kappa shape index (κ2) is 12.6. The zero-order valence-corrected chi connectivity index (χ0v) is 29.8. The smallest absolute Gasteiger partial charge is 0.159 e. The molecule has 0 fully saturated rings. The van der Waals surface area contributed by atoms with Crippen LogP contribution in [-0.4, -0.2) is 0 Å². The fourth-order valence-electron chi connectivity index (χ4n) is 8.28. The number of furan rings is 2. The van der Waals surface area contributed by atoms with Crippen LogP contribution >= 0.6 is 0 Å². The van der Waals surface area contributed by atoms with Crippen LogP contribution in [-0.2, 0) is 0 Å². The van der Waals surface area contributed by atoms with E-state index in [0.29, 0.717) is 0 Å². The number of benzene rings is 9. The van der Waals surface area contributed by atoms with Gasteiger partial charge in [-0.25, -0.2) is 0 Å². The van der Waals surface area contributed by atoms with Gasteiger partial charge in [-0.05, 0) is 93.2 Å². The standard InChI is InChI=1S/C52H33NO2/c1-3-14-34(15-4-1)40-30-31-46(50-43-21-10-12-25-49(43)55-52(40)50)53(47-23-13-22-42-41-20-9-11-24-48(41)54-51(42)47)39-28-26-36(27-29-39)45-33-38-19-8-7-18-37(38)32-44(45)35-16-5-2-6-17-35/h1-33H. The molecule has 0 aliphatic heterocycles. The summed E-state index contributed by atoms with van der Waals surface area (Å²) >= 11 is 0. The molecule has 0 saturated carbocycles. The summed E-state index contributed by atoms with van der Waals surface area (Å²) in [6, 6.07) is 70.9. The Kier molecular flexibility index (Phi) is 7.17. The molecular formula is C52H33NO2. The van der Waals surface area contributed by atoms with Crippen LogP contribution in [0.5, 0.6) is 0 Å². The highest BCUT2D eigenvalue weighted by atomic mass is 16.3. The normalized spacial score (nSPS) is 11.6. The van der Waals surface area contributed by atoms with E-state index < -0.39 is 0 Å². The maximum absolute atomic E-state index is 6.75. The van der Waals surface area contributed by atoms with Crippen LogP contribution in [0.2, 0.25) is 0 Å². The van der Waals surface area contributed by atoms with Gasteiger partial charge in [0, 0.05) is 27.4 Å². The third-order valence-corrected chi connectivity index (χ3v) is 10.9. The monoisotopic (exact) mass is 703 g/mol. The highest BCUT2D eigenvalue weighted by Crippen LogP contribution is 2.49. The van der Waals surface area contributed by atoms with Gasteiger partial charge in [-0.2, -0.15) is 0 Å². The maximum atomic E-state index is 6.75. The number of hydrogen-bond acceptors (Lipinski definition) is 3. The van der Waals surface area contributed by atoms with E-state index in [2.05, 4.69) is 181 Å². The highest BCUT2D eigenvalue weighted by Gasteiger charge is 2.25. The van der Waals surface area contributed by atoms with Gasteiger partial charge in [0.15, 0.2) is 5.58 Å². The first kappa shape index (κ1) is 31.2. The minimum atomic E-state index is 0.835. The lowest BCUT2D eigenvalue weighted by Crippen LogP contribution is -2.11. The van der Waals surface area contributed by atoms with Crippen molar-refractivity contribution in [2.24, 2.45) is 0 Å². The molecule has 3 nitrogen and oxygen atoms in total. The lowest BCUT2D eigenvalue weighted by atomic mass is 9.91. The van der Waals surface area contributed by atoms with Crippen molar-refractivity contribution in [3.8, 4) is 33.4 Å². The zero-order chi connectivity index (χ0) is 36.3. The van der Waals surface area contributed by atoms with Gasteiger partial charge in [-0.15, -0.1) is 0 Å². The number of para-hydroxylation sites is 3. The van der Waals surface area contributed by atoms with Crippen LogP contribution in [0.3, 0.4) is 0 Å². The molecule has 9 aromatic carbocycles. The largest absolute Gasteiger partial charge is 0.455 e. The van der Waals surface area contributed by atoms with Gasteiger partial charge in [0.2, 0.25) is 0 Å². The summed E-state index contributed by atoms with van der Waals surface area (Å²) in [6.07, 6.45) is 0. The van der Waals surface area contributed by atoms with Gasteiger partial charge in [-0.3, -0.25) is 0 Å². The average molecular weight is 704 g/mol. The lowest BCUT2D eigenvalue weighted by Gasteiger charge is -2.27. The van der Waals surface area contributed by atoms with Gasteiger partial charge in [0.25, 0.3) is 0 Å². The Bertz CT molecular complexity index is 3190. The molecule has 11 aromatic rings. The predicted octanol–water partition coefficient (Wildman–Crippen LogP) is 15.1. The van der Waals surface area contributed by atoms with Crippen molar-refractivity contribution in [3.05, 3.63) is 200 Å². The first-order valence-corrected chi connectivity index (χ1v) is 18.7. The molecule has 0 N–H and O–H groups in total. The van der Waals surface area contributed by atoms with Crippen molar-refractivity contribution >= 4 is 71.7 Å². The van der Waals surface area contributed by atoms with E-state index in [0.717, 1.165) is 77.6 Å². The number of hydrogen-bond donors (Lipinski definition) is 0. The van der Waals surface area contributed by atoms with Gasteiger partial charge in [0.05, 0.1) is 16.8 Å². The molecule has 2 heterocycles. The molecule has 0 aliphatic rings. The molecular weight excluding hydrogens is 671 g/mol. The van der Waals surface area contributed by atoms with Crippen LogP contribution in [0.15, 0.2) is 209 Å². The van der Waals surface area contributed by atoms with Crippen molar-refractivity contribution < 1.29 is 8.83 Å². The van der Waals surface area contributed by atoms with Gasteiger partial charge in [-0.1, -0.05) is 146 Å². The Morgan fingerprint density at radius 3 is 1.55 bits per heavy atom. The summed E-state index contributed by atoms with van der Waals surface area (Å²) in [4.78, 5) is 2.34. The molecule has 55 heavy (non-hydrogen) atoms. The van der Waals surface area contributed by atoms with Crippen molar-refractivity contribution in [1.29, 1.82) is 0 Å². The third-order valence-electron chi connectivity index (χ3n) is 10.9. The zero-order valence-electron chi connectivity index (χ0n) is 29.8. The Morgan fingerprint density at radius 1 is 0.327 bits per heavy atom. The SMILES string of the molecule is c1ccc(-c2cc3ccccc3cc2-c2ccc(N(c3cccc4c3oc3ccccc34)c3ccc(-c4ccccc4)c4oc5ccccc5c34)cc2)cc1. The number of fused-ring (bicyclic) bond motifs is 7. The minimum absolute atomic E-state index is 0.835. The Balaban J connectivity index is 1.16. The van der Waals surface area contributed by atoms with E-state index in [4.69, 9.17) is 8.83 Å². The Labute approximate surface area is 317 Å². The fourth-order valence-corrected chi connectivity index (χ4v) is 8.28. The molecule has 0 radical (unpaired) electrons. The topological polar surface area (TPSA) is 29.5 Å². The van der Waals surface area contributed by atoms with Crippen LogP contribution in [0.1, 0.15) is 0 Å². The van der Waals surface area contributed by atoms with Crippen LogP contribution < -0.4 is 4.90 Å². The molecule has 0 bridgehead atoms. The molecule has 0 atom stereocenters. The second-order valence-electron chi connectivity index (χ2n) is 14.0. The number of anilines is 3. The third kappa shape index (κ3) is 5.13. The summed E-state index contributed by atoms with van der Waals surface area (Å²) in [5.41, 5.74) is 13.3. The van der Waals surface area contributed by atoms with E-state index in [1.807, 2.05) is 24.3 Å². The van der Waals surface area contributed by atoms with E-state index in [-0.39, 0.29) is 0 Å². The molecule has 0 amide bonds. The van der Waals surface area contributed by atoms with Crippen molar-refractivity contribution in [2.75, 3.05) is 4.90 Å². The van der Waals surface area contributed by atoms with Crippen molar-refractivity contribution in [1.82, 2.24) is 0 Å². The number of nitrogens with zero attached hydrogens (tertiary/aromatic N) is 1. The van der Waals surface area contributed by atoms with E-state index in [1.165, 1.54) is 27.5 Å². The first-order chi connectivity index (χ1) is 27.3. The summed E-state index contributed by atoms with van der Waals surface area (Å²) in [6.45, 7) is 0. The van der Waals surface area contributed by atoms with Crippen LogP contribution in [0.4, 0.5) is 17.1 Å². The van der Waals surface area contributed by atoms with E-state index in [1.54, 1.807) is 0 Å². The van der Waals surface area contributed by atoms with E-state index in [9.17, 15) is 0 Å². The molecule has 0 unspecified atom stereocenters. The number of rotatable bonds is 6. The molecule has 0 saturated heterocycles. The average Bonchev–Trinajstić information content (AvgIpc) is 3.84. The van der Waals surface area contributed by atoms with Gasteiger partial charge >= 0.3 is 0 Å². The molecule has 0 aliphatic carbocycles. The molecule has 11 rings (SSSR count). The minimum Gasteiger partial charge on any atom is -0.455 e. The van der Waals surface area contributed by atoms with Gasteiger partial charge in [0.1, 0.15) is 16.7 Å². The first-order valence-electron chi connectivity index (χ1n) is 18.7. The molecule has 3 heteroatoms.